The van der Waals surface area contributed by atoms with Crippen molar-refractivity contribution in [3.8, 4) is 0 Å². The van der Waals surface area contributed by atoms with E-state index in [1.54, 1.807) is 21.0 Å². The minimum absolute atomic E-state index is 0.118. The summed E-state index contributed by atoms with van der Waals surface area (Å²) in [5, 5.41) is 0. The molecule has 7 heteroatoms. The Morgan fingerprint density at radius 2 is 1.36 bits per heavy atom. The summed E-state index contributed by atoms with van der Waals surface area (Å²) >= 11 is 0. The number of carbonyl (C=O) groups is 3. The van der Waals surface area contributed by atoms with Crippen LogP contribution in [0.15, 0.2) is 0 Å². The molecule has 0 aromatic heterocycles. The SMILES string of the molecule is CCOC(=O)N(C)C(C(=O)N(C)C(C(=O)OCCCC(C)C)C(C)C)C(C)C. The standard InChI is InChI=1S/C21H40N2O5/c1-10-27-21(26)23(9)17(15(4)5)19(24)22(8)18(16(6)7)20(25)28-13-11-12-14(2)3/h14-18H,10-13H2,1-9H3. The highest BCUT2D eigenvalue weighted by Crippen LogP contribution is 2.19. The quantitative estimate of drug-likeness (QED) is 0.391. The van der Waals surface area contributed by atoms with Crippen LogP contribution in [-0.4, -0.2) is 67.2 Å². The lowest BCUT2D eigenvalue weighted by atomic mass is 9.98. The van der Waals surface area contributed by atoms with Gasteiger partial charge in [0.05, 0.1) is 13.2 Å². The Bertz CT molecular complexity index is 505. The van der Waals surface area contributed by atoms with Crippen molar-refractivity contribution in [3.63, 3.8) is 0 Å². The van der Waals surface area contributed by atoms with Gasteiger partial charge in [0, 0.05) is 14.1 Å². The van der Waals surface area contributed by atoms with Gasteiger partial charge < -0.3 is 14.4 Å². The second-order valence-corrected chi connectivity index (χ2v) is 8.34. The Hall–Kier alpha value is -1.79. The zero-order valence-corrected chi connectivity index (χ0v) is 19.2. The Labute approximate surface area is 170 Å². The molecule has 0 N–H and O–H groups in total. The van der Waals surface area contributed by atoms with E-state index in [9.17, 15) is 14.4 Å². The van der Waals surface area contributed by atoms with Crippen molar-refractivity contribution >= 4 is 18.0 Å². The number of carbonyl (C=O) groups excluding carboxylic acids is 3. The van der Waals surface area contributed by atoms with Crippen molar-refractivity contribution in [1.82, 2.24) is 9.80 Å². The van der Waals surface area contributed by atoms with Gasteiger partial charge >= 0.3 is 12.1 Å². The molecule has 0 heterocycles. The van der Waals surface area contributed by atoms with Crippen molar-refractivity contribution in [2.45, 2.75) is 73.4 Å². The van der Waals surface area contributed by atoms with Crippen molar-refractivity contribution in [2.75, 3.05) is 27.3 Å². The molecule has 7 nitrogen and oxygen atoms in total. The molecule has 164 valence electrons. The molecule has 0 radical (unpaired) electrons. The summed E-state index contributed by atoms with van der Waals surface area (Å²) in [5.41, 5.74) is 0. The van der Waals surface area contributed by atoms with Gasteiger partial charge in [-0.15, -0.1) is 0 Å². The molecule has 0 saturated carbocycles. The van der Waals surface area contributed by atoms with E-state index < -0.39 is 24.1 Å². The van der Waals surface area contributed by atoms with Crippen LogP contribution in [0.25, 0.3) is 0 Å². The summed E-state index contributed by atoms with van der Waals surface area (Å²) in [5.74, 6) is -0.417. The van der Waals surface area contributed by atoms with E-state index in [-0.39, 0.29) is 24.3 Å². The van der Waals surface area contributed by atoms with Crippen molar-refractivity contribution in [2.24, 2.45) is 17.8 Å². The molecule has 0 bridgehead atoms. The van der Waals surface area contributed by atoms with Gasteiger partial charge in [-0.1, -0.05) is 41.5 Å². The largest absolute Gasteiger partial charge is 0.464 e. The Morgan fingerprint density at radius 3 is 1.79 bits per heavy atom. The molecular weight excluding hydrogens is 360 g/mol. The first kappa shape index (κ1) is 26.2. The van der Waals surface area contributed by atoms with Gasteiger partial charge in [-0.05, 0) is 37.5 Å². The van der Waals surface area contributed by atoms with Crippen LogP contribution in [0.1, 0.15) is 61.3 Å². The van der Waals surface area contributed by atoms with Crippen LogP contribution in [0.5, 0.6) is 0 Å². The third-order valence-electron chi connectivity index (χ3n) is 4.67. The van der Waals surface area contributed by atoms with Crippen molar-refractivity contribution < 1.29 is 23.9 Å². The summed E-state index contributed by atoms with van der Waals surface area (Å²) in [4.78, 5) is 40.7. The number of hydrogen-bond donors (Lipinski definition) is 0. The van der Waals surface area contributed by atoms with Gasteiger partial charge in [0.25, 0.3) is 0 Å². The zero-order valence-electron chi connectivity index (χ0n) is 19.2. The molecule has 2 unspecified atom stereocenters. The molecule has 0 aliphatic carbocycles. The molecule has 28 heavy (non-hydrogen) atoms. The number of hydrogen-bond acceptors (Lipinski definition) is 5. The number of esters is 1. The van der Waals surface area contributed by atoms with E-state index in [2.05, 4.69) is 13.8 Å². The maximum absolute atomic E-state index is 13.2. The molecule has 0 aliphatic heterocycles. The molecule has 0 aromatic carbocycles. The van der Waals surface area contributed by atoms with Crippen LogP contribution in [0.4, 0.5) is 4.79 Å². The predicted octanol–water partition coefficient (Wildman–Crippen LogP) is 3.56. The molecule has 0 aromatic rings. The lowest BCUT2D eigenvalue weighted by Crippen LogP contribution is -2.56. The molecule has 0 fully saturated rings. The molecule has 0 aliphatic rings. The first-order valence-corrected chi connectivity index (χ1v) is 10.3. The average Bonchev–Trinajstić information content (AvgIpc) is 2.58. The maximum Gasteiger partial charge on any atom is 0.410 e. The van der Waals surface area contributed by atoms with E-state index in [4.69, 9.17) is 9.47 Å². The fraction of sp³-hybridized carbons (Fsp3) is 0.857. The third kappa shape index (κ3) is 8.07. The summed E-state index contributed by atoms with van der Waals surface area (Å²) in [7, 11) is 3.14. The van der Waals surface area contributed by atoms with E-state index >= 15 is 0 Å². The average molecular weight is 401 g/mol. The van der Waals surface area contributed by atoms with Crippen LogP contribution >= 0.6 is 0 Å². The van der Waals surface area contributed by atoms with E-state index in [0.717, 1.165) is 12.8 Å². The highest BCUT2D eigenvalue weighted by Gasteiger charge is 2.38. The maximum atomic E-state index is 13.2. The first-order valence-electron chi connectivity index (χ1n) is 10.3. The second kappa shape index (κ2) is 12.6. The summed E-state index contributed by atoms with van der Waals surface area (Å²) in [6, 6.07) is -1.43. The molecule has 0 saturated heterocycles. The molecule has 0 rings (SSSR count). The zero-order chi connectivity index (χ0) is 22.0. The Morgan fingerprint density at radius 1 is 0.821 bits per heavy atom. The lowest BCUT2D eigenvalue weighted by Gasteiger charge is -2.36. The van der Waals surface area contributed by atoms with E-state index in [0.29, 0.717) is 12.5 Å². The van der Waals surface area contributed by atoms with Gasteiger partial charge in [0.2, 0.25) is 5.91 Å². The first-order chi connectivity index (χ1) is 12.9. The van der Waals surface area contributed by atoms with Crippen LogP contribution in [0, 0.1) is 17.8 Å². The van der Waals surface area contributed by atoms with Crippen molar-refractivity contribution in [1.29, 1.82) is 0 Å². The number of likely N-dealkylation sites (N-methyl/N-ethyl adjacent to an activating group) is 2. The predicted molar refractivity (Wildman–Crippen MR) is 110 cm³/mol. The van der Waals surface area contributed by atoms with Gasteiger partial charge in [-0.25, -0.2) is 9.59 Å². The van der Waals surface area contributed by atoms with Crippen molar-refractivity contribution in [3.05, 3.63) is 0 Å². The fourth-order valence-electron chi connectivity index (χ4n) is 3.21. The number of rotatable bonds is 11. The summed E-state index contributed by atoms with van der Waals surface area (Å²) < 4.78 is 10.5. The minimum Gasteiger partial charge on any atom is -0.464 e. The topological polar surface area (TPSA) is 76.2 Å². The monoisotopic (exact) mass is 400 g/mol. The van der Waals surface area contributed by atoms with E-state index in [1.807, 2.05) is 27.7 Å². The minimum atomic E-state index is -0.723. The molecule has 0 spiro atoms. The lowest BCUT2D eigenvalue weighted by molar-refractivity contribution is -0.158. The Balaban J connectivity index is 5.28. The van der Waals surface area contributed by atoms with Crippen LogP contribution in [0.3, 0.4) is 0 Å². The van der Waals surface area contributed by atoms with Gasteiger partial charge in [0.15, 0.2) is 0 Å². The smallest absolute Gasteiger partial charge is 0.410 e. The summed E-state index contributed by atoms with van der Waals surface area (Å²) in [6.07, 6.45) is 1.22. The second-order valence-electron chi connectivity index (χ2n) is 8.34. The van der Waals surface area contributed by atoms with Gasteiger partial charge in [-0.3, -0.25) is 9.69 Å². The highest BCUT2D eigenvalue weighted by atomic mass is 16.6. The van der Waals surface area contributed by atoms with E-state index in [1.165, 1.54) is 9.80 Å². The van der Waals surface area contributed by atoms with Crippen LogP contribution < -0.4 is 0 Å². The highest BCUT2D eigenvalue weighted by molar-refractivity contribution is 5.89. The number of nitrogens with zero attached hydrogens (tertiary/aromatic N) is 2. The molecule has 2 amide bonds. The van der Waals surface area contributed by atoms with Crippen LogP contribution in [-0.2, 0) is 19.1 Å². The number of ether oxygens (including phenoxy) is 2. The summed E-state index contributed by atoms with van der Waals surface area (Å²) in [6.45, 7) is 14.0. The van der Waals surface area contributed by atoms with Gasteiger partial charge in [0.1, 0.15) is 12.1 Å². The van der Waals surface area contributed by atoms with Gasteiger partial charge in [-0.2, -0.15) is 0 Å². The Kier molecular flexibility index (Phi) is 11.8. The third-order valence-corrected chi connectivity index (χ3v) is 4.67. The van der Waals surface area contributed by atoms with Crippen LogP contribution in [0.2, 0.25) is 0 Å². The normalized spacial score (nSPS) is 13.4. The molecule has 2 atom stereocenters. The fourth-order valence-corrected chi connectivity index (χ4v) is 3.21. The number of amides is 2. The molecular formula is C21H40N2O5.